The predicted octanol–water partition coefficient (Wildman–Crippen LogP) is 3.81. The molecule has 0 heterocycles. The van der Waals surface area contributed by atoms with E-state index in [1.54, 1.807) is 0 Å². The van der Waals surface area contributed by atoms with Crippen molar-refractivity contribution in [2.75, 3.05) is 14.2 Å². The van der Waals surface area contributed by atoms with Crippen LogP contribution < -0.4 is 0 Å². The fraction of sp³-hybridized carbons (Fsp3) is 0.739. The lowest BCUT2D eigenvalue weighted by atomic mass is 9.45. The molecule has 156 valence electrons. The number of aliphatic hydroxyl groups is 1. The first kappa shape index (κ1) is 21.1. The van der Waals surface area contributed by atoms with Gasteiger partial charge in [-0.2, -0.15) is 0 Å². The number of hydrogen-bond donors (Lipinski definition) is 1. The summed E-state index contributed by atoms with van der Waals surface area (Å²) in [6.45, 7) is 11.2. The van der Waals surface area contributed by atoms with E-state index in [4.69, 9.17) is 9.47 Å². The van der Waals surface area contributed by atoms with Gasteiger partial charge in [0.25, 0.3) is 0 Å². The molecule has 0 saturated heterocycles. The monoisotopic (exact) mass is 390 g/mol. The van der Waals surface area contributed by atoms with Gasteiger partial charge in [0, 0.05) is 6.08 Å². The first-order valence-electron chi connectivity index (χ1n) is 10.3. The van der Waals surface area contributed by atoms with Gasteiger partial charge in [-0.25, -0.2) is 4.79 Å². The van der Waals surface area contributed by atoms with Crippen LogP contribution in [0.1, 0.15) is 59.3 Å². The van der Waals surface area contributed by atoms with Gasteiger partial charge in [-0.05, 0) is 61.2 Å². The molecule has 5 nitrogen and oxygen atoms in total. The minimum atomic E-state index is -1.97. The zero-order chi connectivity index (χ0) is 20.9. The fourth-order valence-corrected chi connectivity index (χ4v) is 6.27. The van der Waals surface area contributed by atoms with Crippen molar-refractivity contribution in [1.29, 1.82) is 0 Å². The van der Waals surface area contributed by atoms with Crippen LogP contribution in [0.15, 0.2) is 24.0 Å². The van der Waals surface area contributed by atoms with Gasteiger partial charge in [0.05, 0.1) is 20.1 Å². The molecule has 0 bridgehead atoms. The zero-order valence-electron chi connectivity index (χ0n) is 17.8. The van der Waals surface area contributed by atoms with Gasteiger partial charge in [0.2, 0.25) is 5.78 Å². The molecule has 0 aromatic heterocycles. The van der Waals surface area contributed by atoms with Crippen LogP contribution in [0.2, 0.25) is 0 Å². The largest absolute Gasteiger partial charge is 0.493 e. The van der Waals surface area contributed by atoms with Crippen LogP contribution in [0, 0.1) is 28.6 Å². The van der Waals surface area contributed by atoms with Crippen LogP contribution in [0.5, 0.6) is 0 Å². The van der Waals surface area contributed by atoms with E-state index in [0.717, 1.165) is 32.1 Å². The van der Waals surface area contributed by atoms with Gasteiger partial charge in [0.1, 0.15) is 0 Å². The first-order chi connectivity index (χ1) is 13.0. The minimum Gasteiger partial charge on any atom is -0.493 e. The lowest BCUT2D eigenvalue weighted by Crippen LogP contribution is -2.54. The Labute approximate surface area is 168 Å². The maximum absolute atomic E-state index is 13.0. The molecule has 3 rings (SSSR count). The summed E-state index contributed by atoms with van der Waals surface area (Å²) in [5.74, 6) is -1.23. The molecule has 6 atom stereocenters. The number of ether oxygens (including phenoxy) is 2. The number of fused-ring (bicyclic) bond motifs is 1. The number of rotatable bonds is 4. The van der Waals surface area contributed by atoms with Crippen molar-refractivity contribution in [1.82, 2.24) is 0 Å². The number of Topliss-reactive ketones (excluding diaryl/α,β-unsaturated/α-hetero) is 1. The van der Waals surface area contributed by atoms with E-state index in [0.29, 0.717) is 18.3 Å². The molecule has 5 heteroatoms. The van der Waals surface area contributed by atoms with Gasteiger partial charge in [-0.15, -0.1) is 0 Å². The quantitative estimate of drug-likeness (QED) is 0.584. The van der Waals surface area contributed by atoms with Gasteiger partial charge < -0.3 is 14.6 Å². The van der Waals surface area contributed by atoms with Gasteiger partial charge >= 0.3 is 5.97 Å². The van der Waals surface area contributed by atoms with Crippen LogP contribution in [0.25, 0.3) is 0 Å². The summed E-state index contributed by atoms with van der Waals surface area (Å²) in [5, 5.41) is 11.2. The molecule has 0 amide bonds. The summed E-state index contributed by atoms with van der Waals surface area (Å²) >= 11 is 0. The molecule has 1 N–H and O–H groups in total. The molecule has 0 unspecified atom stereocenters. The average molecular weight is 391 g/mol. The Balaban J connectivity index is 2.00. The second-order valence-electron chi connectivity index (χ2n) is 9.56. The van der Waals surface area contributed by atoms with Crippen LogP contribution in [0.4, 0.5) is 0 Å². The summed E-state index contributed by atoms with van der Waals surface area (Å²) in [6, 6.07) is 0. The van der Waals surface area contributed by atoms with E-state index in [-0.39, 0.29) is 22.4 Å². The Morgan fingerprint density at radius 3 is 2.61 bits per heavy atom. The van der Waals surface area contributed by atoms with Crippen molar-refractivity contribution in [3.8, 4) is 0 Å². The van der Waals surface area contributed by atoms with Crippen LogP contribution in [-0.4, -0.2) is 36.7 Å². The number of carbonyl (C=O) groups is 2. The Kier molecular flexibility index (Phi) is 5.28. The second-order valence-corrected chi connectivity index (χ2v) is 9.56. The molecule has 3 aliphatic carbocycles. The highest BCUT2D eigenvalue weighted by Crippen LogP contribution is 2.63. The minimum absolute atomic E-state index is 0.0424. The maximum Gasteiger partial charge on any atom is 0.342 e. The molecule has 0 radical (unpaired) electrons. The van der Waals surface area contributed by atoms with E-state index in [1.807, 2.05) is 0 Å². The Morgan fingerprint density at radius 2 is 2.00 bits per heavy atom. The number of hydrogen-bond acceptors (Lipinski definition) is 5. The highest BCUT2D eigenvalue weighted by Gasteiger charge is 2.60. The van der Waals surface area contributed by atoms with Crippen LogP contribution >= 0.6 is 0 Å². The molecule has 2 saturated carbocycles. The van der Waals surface area contributed by atoms with Crippen LogP contribution in [0.3, 0.4) is 0 Å². The summed E-state index contributed by atoms with van der Waals surface area (Å²) in [6.07, 6.45) is 7.05. The number of ketones is 1. The third kappa shape index (κ3) is 2.85. The van der Waals surface area contributed by atoms with Crippen molar-refractivity contribution < 1.29 is 24.2 Å². The molecular weight excluding hydrogens is 356 g/mol. The molecule has 0 spiro atoms. The summed E-state index contributed by atoms with van der Waals surface area (Å²) in [5.41, 5.74) is -0.824. The van der Waals surface area contributed by atoms with Crippen molar-refractivity contribution in [3.05, 3.63) is 24.0 Å². The molecular formula is C23H34O5. The standard InChI is InChI=1S/C23H34O5/c1-14-8-7-9-18-21(14,3)11-10-15(2)22(18,4)12-16-19(24)17(27-5)13-23(16,26)20(25)28-6/h13,15-16,18,26H,1,7-12H2,2-6H3/t15-,16-,18+,21+,22+,23-/m0/s1. The van der Waals surface area contributed by atoms with E-state index < -0.39 is 17.5 Å². The van der Waals surface area contributed by atoms with Gasteiger partial charge in [-0.3, -0.25) is 4.79 Å². The highest BCUT2D eigenvalue weighted by atomic mass is 16.5. The highest BCUT2D eigenvalue weighted by molar-refractivity contribution is 6.05. The van der Waals surface area contributed by atoms with E-state index in [2.05, 4.69) is 27.4 Å². The van der Waals surface area contributed by atoms with Crippen molar-refractivity contribution in [3.63, 3.8) is 0 Å². The van der Waals surface area contributed by atoms with Crippen molar-refractivity contribution in [2.45, 2.75) is 64.9 Å². The Hall–Kier alpha value is -1.62. The lowest BCUT2D eigenvalue weighted by Gasteiger charge is -2.59. The SMILES string of the molecule is C=C1CCC[C@H]2[C@](C)(C[C@H]3C(=O)C(OC)=C[C@@]3(O)C(=O)OC)[C@@H](C)CC[C@]12C. The van der Waals surface area contributed by atoms with Crippen molar-refractivity contribution in [2.24, 2.45) is 28.6 Å². The van der Waals surface area contributed by atoms with Gasteiger partial charge in [-0.1, -0.05) is 32.9 Å². The number of carbonyl (C=O) groups excluding carboxylic acids is 2. The summed E-state index contributed by atoms with van der Waals surface area (Å²) in [4.78, 5) is 25.5. The van der Waals surface area contributed by atoms with Gasteiger partial charge in [0.15, 0.2) is 11.4 Å². The molecule has 0 aromatic carbocycles. The van der Waals surface area contributed by atoms with Crippen molar-refractivity contribution >= 4 is 11.8 Å². The predicted molar refractivity (Wildman–Crippen MR) is 106 cm³/mol. The molecule has 0 aromatic rings. The third-order valence-corrected chi connectivity index (χ3v) is 8.38. The average Bonchev–Trinajstić information content (AvgIpc) is 2.91. The van der Waals surface area contributed by atoms with Crippen LogP contribution in [-0.2, 0) is 19.1 Å². The van der Waals surface area contributed by atoms with E-state index in [1.165, 1.54) is 25.9 Å². The maximum atomic E-state index is 13.0. The fourth-order valence-electron chi connectivity index (χ4n) is 6.27. The number of methoxy groups -OCH3 is 2. The van der Waals surface area contributed by atoms with E-state index >= 15 is 0 Å². The normalized spacial score (nSPS) is 43.4. The third-order valence-electron chi connectivity index (χ3n) is 8.38. The number of allylic oxidation sites excluding steroid dienone is 2. The second kappa shape index (κ2) is 7.01. The summed E-state index contributed by atoms with van der Waals surface area (Å²) in [7, 11) is 2.62. The topological polar surface area (TPSA) is 72.8 Å². The Bertz CT molecular complexity index is 725. The molecule has 3 aliphatic rings. The molecule has 2 fully saturated rings. The Morgan fingerprint density at radius 1 is 1.32 bits per heavy atom. The number of esters is 1. The smallest absolute Gasteiger partial charge is 0.342 e. The lowest BCUT2D eigenvalue weighted by molar-refractivity contribution is -0.167. The molecule has 28 heavy (non-hydrogen) atoms. The summed E-state index contributed by atoms with van der Waals surface area (Å²) < 4.78 is 10.0. The zero-order valence-corrected chi connectivity index (χ0v) is 17.8. The van der Waals surface area contributed by atoms with E-state index in [9.17, 15) is 14.7 Å². The molecule has 0 aliphatic heterocycles. The first-order valence-corrected chi connectivity index (χ1v) is 10.3.